The number of carbonyl (C=O) groups is 2. The van der Waals surface area contributed by atoms with E-state index in [1.807, 2.05) is 42.5 Å². The van der Waals surface area contributed by atoms with Crippen LogP contribution in [0.2, 0.25) is 0 Å². The van der Waals surface area contributed by atoms with Gasteiger partial charge in [0.15, 0.2) is 0 Å². The Bertz CT molecular complexity index is 808. The number of hydrogen-bond donors (Lipinski definition) is 1. The van der Waals surface area contributed by atoms with E-state index < -0.39 is 11.6 Å². The van der Waals surface area contributed by atoms with Crippen molar-refractivity contribution in [3.8, 4) is 5.75 Å². The van der Waals surface area contributed by atoms with Gasteiger partial charge >= 0.3 is 6.03 Å². The zero-order valence-corrected chi connectivity index (χ0v) is 15.0. The second-order valence-electron chi connectivity index (χ2n) is 5.74. The topological polar surface area (TPSA) is 58.6 Å². The molecular formula is C18H17BrN2O3. The number of carbonyl (C=O) groups excluding carboxylic acids is 2. The van der Waals surface area contributed by atoms with Crippen LogP contribution in [0.3, 0.4) is 0 Å². The molecule has 2 aromatic carbocycles. The average molecular weight is 389 g/mol. The molecule has 1 N–H and O–H groups in total. The Balaban J connectivity index is 1.94. The highest BCUT2D eigenvalue weighted by molar-refractivity contribution is 9.10. The molecule has 1 saturated heterocycles. The number of nitrogens with zero attached hydrogens (tertiary/aromatic N) is 1. The highest BCUT2D eigenvalue weighted by Gasteiger charge is 2.49. The lowest BCUT2D eigenvalue weighted by molar-refractivity contribution is -0.131. The van der Waals surface area contributed by atoms with Crippen LogP contribution in [0, 0.1) is 0 Å². The number of halogens is 1. The number of urea groups is 1. The Morgan fingerprint density at radius 2 is 1.79 bits per heavy atom. The van der Waals surface area contributed by atoms with Gasteiger partial charge in [-0.3, -0.25) is 9.69 Å². The van der Waals surface area contributed by atoms with Crippen molar-refractivity contribution in [1.82, 2.24) is 10.2 Å². The molecule has 24 heavy (non-hydrogen) atoms. The number of hydrogen-bond acceptors (Lipinski definition) is 3. The van der Waals surface area contributed by atoms with Crippen molar-refractivity contribution < 1.29 is 14.3 Å². The van der Waals surface area contributed by atoms with E-state index >= 15 is 0 Å². The Morgan fingerprint density at radius 1 is 1.12 bits per heavy atom. The van der Waals surface area contributed by atoms with Gasteiger partial charge in [0.1, 0.15) is 11.3 Å². The first kappa shape index (κ1) is 16.5. The monoisotopic (exact) mass is 388 g/mol. The van der Waals surface area contributed by atoms with E-state index in [0.717, 1.165) is 15.6 Å². The lowest BCUT2D eigenvalue weighted by Gasteiger charge is -2.23. The van der Waals surface area contributed by atoms with Crippen LogP contribution >= 0.6 is 15.9 Å². The Morgan fingerprint density at radius 3 is 2.50 bits per heavy atom. The quantitative estimate of drug-likeness (QED) is 0.816. The zero-order chi connectivity index (χ0) is 17.3. The van der Waals surface area contributed by atoms with Crippen LogP contribution in [-0.2, 0) is 16.9 Å². The summed E-state index contributed by atoms with van der Waals surface area (Å²) in [6.07, 6.45) is 0. The van der Waals surface area contributed by atoms with Gasteiger partial charge in [-0.05, 0) is 19.1 Å². The van der Waals surface area contributed by atoms with Crippen molar-refractivity contribution in [2.45, 2.75) is 19.0 Å². The van der Waals surface area contributed by atoms with E-state index in [4.69, 9.17) is 4.74 Å². The third-order valence-corrected chi connectivity index (χ3v) is 4.90. The predicted molar refractivity (Wildman–Crippen MR) is 93.6 cm³/mol. The molecule has 1 aliphatic heterocycles. The summed E-state index contributed by atoms with van der Waals surface area (Å²) in [4.78, 5) is 26.6. The van der Waals surface area contributed by atoms with Crippen molar-refractivity contribution >= 4 is 27.9 Å². The molecule has 0 aliphatic carbocycles. The molecule has 3 amide bonds. The molecule has 0 saturated carbocycles. The second-order valence-corrected chi connectivity index (χ2v) is 6.59. The van der Waals surface area contributed by atoms with Gasteiger partial charge in [0, 0.05) is 15.6 Å². The Labute approximate surface area is 148 Å². The maximum atomic E-state index is 13.0. The lowest BCUT2D eigenvalue weighted by Crippen LogP contribution is -2.41. The maximum absolute atomic E-state index is 13.0. The third kappa shape index (κ3) is 2.67. The van der Waals surface area contributed by atoms with Crippen molar-refractivity contribution in [3.63, 3.8) is 0 Å². The number of nitrogens with one attached hydrogen (secondary N) is 1. The maximum Gasteiger partial charge on any atom is 0.325 e. The van der Waals surface area contributed by atoms with Gasteiger partial charge in [-0.25, -0.2) is 4.79 Å². The summed E-state index contributed by atoms with van der Waals surface area (Å²) in [7, 11) is 1.57. The van der Waals surface area contributed by atoms with Crippen LogP contribution in [0.4, 0.5) is 4.79 Å². The molecule has 1 heterocycles. The van der Waals surface area contributed by atoms with Crippen molar-refractivity contribution in [3.05, 3.63) is 64.1 Å². The van der Waals surface area contributed by atoms with Crippen LogP contribution in [0.1, 0.15) is 18.1 Å². The highest BCUT2D eigenvalue weighted by Crippen LogP contribution is 2.34. The predicted octanol–water partition coefficient (Wildman–Crippen LogP) is 3.42. The summed E-state index contributed by atoms with van der Waals surface area (Å²) < 4.78 is 6.08. The number of para-hydroxylation sites is 1. The average Bonchev–Trinajstić information content (AvgIpc) is 2.80. The van der Waals surface area contributed by atoms with Gasteiger partial charge in [0.05, 0.1) is 13.7 Å². The smallest absolute Gasteiger partial charge is 0.325 e. The summed E-state index contributed by atoms with van der Waals surface area (Å²) in [6, 6.07) is 14.3. The molecule has 5 nitrogen and oxygen atoms in total. The van der Waals surface area contributed by atoms with Gasteiger partial charge < -0.3 is 10.1 Å². The fourth-order valence-electron chi connectivity index (χ4n) is 2.89. The molecule has 3 rings (SSSR count). The summed E-state index contributed by atoms with van der Waals surface area (Å²) in [6.45, 7) is 1.88. The Kier molecular flexibility index (Phi) is 4.32. The first-order valence-electron chi connectivity index (χ1n) is 7.48. The molecule has 0 radical (unpaired) electrons. The van der Waals surface area contributed by atoms with E-state index in [1.54, 1.807) is 20.1 Å². The van der Waals surface area contributed by atoms with Crippen LogP contribution in [0.25, 0.3) is 0 Å². The van der Waals surface area contributed by atoms with Crippen LogP contribution in [0.5, 0.6) is 5.75 Å². The van der Waals surface area contributed by atoms with Gasteiger partial charge in [0.2, 0.25) is 0 Å². The van der Waals surface area contributed by atoms with Gasteiger partial charge in [-0.1, -0.05) is 52.3 Å². The van der Waals surface area contributed by atoms with E-state index in [-0.39, 0.29) is 12.5 Å². The third-order valence-electron chi connectivity index (χ3n) is 4.21. The molecule has 0 aromatic heterocycles. The number of rotatable bonds is 4. The minimum Gasteiger partial charge on any atom is -0.496 e. The number of benzene rings is 2. The minimum absolute atomic E-state index is 0.161. The van der Waals surface area contributed by atoms with Crippen molar-refractivity contribution in [2.24, 2.45) is 0 Å². The number of ether oxygens (including phenoxy) is 1. The standard InChI is InChI=1S/C18H17BrN2O3/c1-18(13-8-4-5-9-14(13)19)16(22)21(17(23)20-18)11-12-7-3-6-10-15(12)24-2/h3-10H,11H2,1-2H3,(H,20,23). The molecule has 6 heteroatoms. The zero-order valence-electron chi connectivity index (χ0n) is 13.4. The highest BCUT2D eigenvalue weighted by atomic mass is 79.9. The molecule has 124 valence electrons. The fourth-order valence-corrected chi connectivity index (χ4v) is 3.58. The van der Waals surface area contributed by atoms with Crippen LogP contribution in [-0.4, -0.2) is 23.9 Å². The summed E-state index contributed by atoms with van der Waals surface area (Å²) in [5.41, 5.74) is 0.407. The SMILES string of the molecule is COc1ccccc1CN1C(=O)NC(C)(c2ccccc2Br)C1=O. The summed E-state index contributed by atoms with van der Waals surface area (Å²) in [5.74, 6) is 0.359. The molecule has 2 aromatic rings. The van der Waals surface area contributed by atoms with E-state index in [2.05, 4.69) is 21.2 Å². The number of imide groups is 1. The Hall–Kier alpha value is -2.34. The van der Waals surface area contributed by atoms with E-state index in [1.165, 1.54) is 4.90 Å². The molecular weight excluding hydrogens is 372 g/mol. The molecule has 0 bridgehead atoms. The van der Waals surface area contributed by atoms with Crippen LogP contribution < -0.4 is 10.1 Å². The molecule has 1 aliphatic rings. The first-order valence-corrected chi connectivity index (χ1v) is 8.27. The van der Waals surface area contributed by atoms with E-state index in [0.29, 0.717) is 5.75 Å². The molecule has 1 unspecified atom stereocenters. The number of methoxy groups -OCH3 is 1. The lowest BCUT2D eigenvalue weighted by atomic mass is 9.92. The van der Waals surface area contributed by atoms with Crippen molar-refractivity contribution in [2.75, 3.05) is 7.11 Å². The minimum atomic E-state index is -1.10. The summed E-state index contributed by atoms with van der Waals surface area (Å²) >= 11 is 3.46. The van der Waals surface area contributed by atoms with Crippen molar-refractivity contribution in [1.29, 1.82) is 0 Å². The largest absolute Gasteiger partial charge is 0.496 e. The first-order chi connectivity index (χ1) is 11.5. The number of amides is 3. The van der Waals surface area contributed by atoms with Crippen LogP contribution in [0.15, 0.2) is 53.0 Å². The molecule has 1 atom stereocenters. The fraction of sp³-hybridized carbons (Fsp3) is 0.222. The summed E-state index contributed by atoms with van der Waals surface area (Å²) in [5, 5.41) is 2.81. The van der Waals surface area contributed by atoms with Gasteiger partial charge in [-0.2, -0.15) is 0 Å². The molecule has 0 spiro atoms. The van der Waals surface area contributed by atoms with E-state index in [9.17, 15) is 9.59 Å². The van der Waals surface area contributed by atoms with Gasteiger partial charge in [-0.15, -0.1) is 0 Å². The van der Waals surface area contributed by atoms with Gasteiger partial charge in [0.25, 0.3) is 5.91 Å². The normalized spacial score (nSPS) is 20.2. The molecule has 1 fully saturated rings. The second kappa shape index (κ2) is 6.28.